The summed E-state index contributed by atoms with van der Waals surface area (Å²) in [6, 6.07) is 16.0. The van der Waals surface area contributed by atoms with E-state index in [-0.39, 0.29) is 5.91 Å². The minimum atomic E-state index is -0.0744. The fourth-order valence-electron chi connectivity index (χ4n) is 3.08. The van der Waals surface area contributed by atoms with Crippen molar-refractivity contribution in [3.63, 3.8) is 0 Å². The Balaban J connectivity index is 1.58. The van der Waals surface area contributed by atoms with Crippen molar-refractivity contribution < 1.29 is 9.53 Å². The molecule has 2 N–H and O–H groups in total. The lowest BCUT2D eigenvalue weighted by Crippen LogP contribution is -2.26. The highest BCUT2D eigenvalue weighted by atomic mass is 32.2. The van der Waals surface area contributed by atoms with Crippen LogP contribution in [0.2, 0.25) is 0 Å². The van der Waals surface area contributed by atoms with Crippen molar-refractivity contribution in [1.82, 2.24) is 10.0 Å². The molecule has 0 bridgehead atoms. The van der Waals surface area contributed by atoms with Crippen LogP contribution in [0.25, 0.3) is 0 Å². The van der Waals surface area contributed by atoms with Gasteiger partial charge in [-0.15, -0.1) is 0 Å². The largest absolute Gasteiger partial charge is 0.489 e. The number of nitrogens with one attached hydrogen (secondary N) is 2. The Morgan fingerprint density at radius 2 is 1.96 bits per heavy atom. The number of piperidine rings is 1. The summed E-state index contributed by atoms with van der Waals surface area (Å²) in [4.78, 5) is 11.8. The number of ether oxygens (including phenoxy) is 1. The number of hydrogen-bond donors (Lipinski definition) is 2. The predicted molar refractivity (Wildman–Crippen MR) is 103 cm³/mol. The van der Waals surface area contributed by atoms with Crippen LogP contribution >= 0.6 is 11.9 Å². The van der Waals surface area contributed by atoms with E-state index < -0.39 is 0 Å². The number of benzene rings is 2. The topological polar surface area (TPSA) is 50.4 Å². The van der Waals surface area contributed by atoms with Gasteiger partial charge in [0.25, 0.3) is 5.91 Å². The third-order valence-corrected chi connectivity index (χ3v) is 4.87. The molecular formula is C20H24N2O2S. The summed E-state index contributed by atoms with van der Waals surface area (Å²) in [5.41, 5.74) is 3.07. The molecule has 0 spiro atoms. The summed E-state index contributed by atoms with van der Waals surface area (Å²) < 4.78 is 8.67. The Morgan fingerprint density at radius 1 is 1.20 bits per heavy atom. The second kappa shape index (κ2) is 8.92. The van der Waals surface area contributed by atoms with Gasteiger partial charge in [0, 0.05) is 11.8 Å². The molecule has 0 saturated carbocycles. The summed E-state index contributed by atoms with van der Waals surface area (Å²) in [5.74, 6) is 1.45. The van der Waals surface area contributed by atoms with Gasteiger partial charge in [0.05, 0.1) is 0 Å². The van der Waals surface area contributed by atoms with Crippen molar-refractivity contribution in [3.8, 4) is 5.75 Å². The summed E-state index contributed by atoms with van der Waals surface area (Å²) >= 11 is 1.30. The van der Waals surface area contributed by atoms with E-state index in [1.165, 1.54) is 30.4 Å². The van der Waals surface area contributed by atoms with E-state index in [0.29, 0.717) is 18.1 Å². The predicted octanol–water partition coefficient (Wildman–Crippen LogP) is 3.74. The van der Waals surface area contributed by atoms with Crippen LogP contribution in [-0.4, -0.2) is 25.3 Å². The Hall–Kier alpha value is -1.98. The lowest BCUT2D eigenvalue weighted by Gasteiger charge is -2.23. The highest BCUT2D eigenvalue weighted by molar-refractivity contribution is 7.97. The molecule has 1 aliphatic rings. The van der Waals surface area contributed by atoms with Gasteiger partial charge in [-0.2, -0.15) is 0 Å². The van der Waals surface area contributed by atoms with Crippen molar-refractivity contribution in [1.29, 1.82) is 0 Å². The zero-order valence-corrected chi connectivity index (χ0v) is 15.3. The standard InChI is InChI=1S/C20H24N2O2S/c1-25-22-20(23)17-7-5-15(6-8-17)14-24-19-4-2-3-18(13-19)16-9-11-21-12-10-16/h2-8,13,16,21H,9-12,14H2,1H3,(H,22,23). The molecule has 0 aromatic heterocycles. The molecule has 25 heavy (non-hydrogen) atoms. The third kappa shape index (κ3) is 5.00. The highest BCUT2D eigenvalue weighted by Crippen LogP contribution is 2.28. The highest BCUT2D eigenvalue weighted by Gasteiger charge is 2.15. The number of hydrogen-bond acceptors (Lipinski definition) is 4. The minimum absolute atomic E-state index is 0.0744. The zero-order valence-electron chi connectivity index (χ0n) is 14.5. The molecule has 1 heterocycles. The Morgan fingerprint density at radius 3 is 2.68 bits per heavy atom. The van der Waals surface area contributed by atoms with Crippen molar-refractivity contribution in [2.75, 3.05) is 19.3 Å². The molecule has 0 unspecified atom stereocenters. The molecule has 1 aliphatic heterocycles. The van der Waals surface area contributed by atoms with E-state index in [1.54, 1.807) is 0 Å². The maximum atomic E-state index is 11.8. The molecule has 1 fully saturated rings. The molecule has 2 aromatic rings. The molecule has 0 radical (unpaired) electrons. The van der Waals surface area contributed by atoms with Crippen molar-refractivity contribution in [3.05, 3.63) is 65.2 Å². The third-order valence-electron chi connectivity index (χ3n) is 4.49. The SMILES string of the molecule is CSNC(=O)c1ccc(COc2cccc(C3CCNCC3)c2)cc1. The minimum Gasteiger partial charge on any atom is -0.489 e. The van der Waals surface area contributed by atoms with Gasteiger partial charge >= 0.3 is 0 Å². The quantitative estimate of drug-likeness (QED) is 0.774. The second-order valence-corrected chi connectivity index (χ2v) is 6.83. The number of rotatable bonds is 6. The Labute approximate surface area is 153 Å². The van der Waals surface area contributed by atoms with E-state index in [1.807, 2.05) is 36.6 Å². The van der Waals surface area contributed by atoms with Gasteiger partial charge in [0.2, 0.25) is 0 Å². The van der Waals surface area contributed by atoms with Crippen molar-refractivity contribution in [2.45, 2.75) is 25.4 Å². The van der Waals surface area contributed by atoms with E-state index in [2.05, 4.69) is 28.2 Å². The van der Waals surface area contributed by atoms with Crippen LogP contribution in [-0.2, 0) is 6.61 Å². The Bertz CT molecular complexity index is 697. The fraction of sp³-hybridized carbons (Fsp3) is 0.350. The molecule has 5 heteroatoms. The van der Waals surface area contributed by atoms with Crippen LogP contribution in [0, 0.1) is 0 Å². The molecule has 1 amide bonds. The monoisotopic (exact) mass is 356 g/mol. The Kier molecular flexibility index (Phi) is 6.36. The first-order valence-corrected chi connectivity index (χ1v) is 9.84. The second-order valence-electron chi connectivity index (χ2n) is 6.22. The van der Waals surface area contributed by atoms with Crippen LogP contribution in [0.1, 0.15) is 40.2 Å². The van der Waals surface area contributed by atoms with Gasteiger partial charge in [0.15, 0.2) is 0 Å². The first-order valence-electron chi connectivity index (χ1n) is 8.62. The van der Waals surface area contributed by atoms with Gasteiger partial charge in [-0.3, -0.25) is 9.52 Å². The number of carbonyl (C=O) groups excluding carboxylic acids is 1. The van der Waals surface area contributed by atoms with Crippen LogP contribution in [0.15, 0.2) is 48.5 Å². The average molecular weight is 356 g/mol. The molecule has 0 aliphatic carbocycles. The van der Waals surface area contributed by atoms with Crippen molar-refractivity contribution >= 4 is 17.9 Å². The summed E-state index contributed by atoms with van der Waals surface area (Å²) in [6.45, 7) is 2.68. The summed E-state index contributed by atoms with van der Waals surface area (Å²) in [5, 5.41) is 3.41. The van der Waals surface area contributed by atoms with Gasteiger partial charge in [-0.1, -0.05) is 36.2 Å². The fourth-order valence-corrected chi connectivity index (χ4v) is 3.39. The normalized spacial score (nSPS) is 14.9. The van der Waals surface area contributed by atoms with Crippen LogP contribution in [0.3, 0.4) is 0 Å². The first kappa shape index (κ1) is 17.8. The lowest BCUT2D eigenvalue weighted by molar-refractivity contribution is 0.0984. The van der Waals surface area contributed by atoms with E-state index in [4.69, 9.17) is 4.74 Å². The van der Waals surface area contributed by atoms with E-state index >= 15 is 0 Å². The average Bonchev–Trinajstić information content (AvgIpc) is 2.68. The van der Waals surface area contributed by atoms with E-state index in [0.717, 1.165) is 24.4 Å². The van der Waals surface area contributed by atoms with Crippen LogP contribution < -0.4 is 14.8 Å². The first-order chi connectivity index (χ1) is 12.3. The molecule has 1 saturated heterocycles. The van der Waals surface area contributed by atoms with Gasteiger partial charge in [-0.25, -0.2) is 0 Å². The molecular weight excluding hydrogens is 332 g/mol. The molecule has 3 rings (SSSR count). The van der Waals surface area contributed by atoms with Crippen LogP contribution in [0.5, 0.6) is 5.75 Å². The summed E-state index contributed by atoms with van der Waals surface area (Å²) in [7, 11) is 0. The number of carbonyl (C=O) groups is 1. The maximum Gasteiger partial charge on any atom is 0.261 e. The molecule has 2 aromatic carbocycles. The zero-order chi connectivity index (χ0) is 17.5. The smallest absolute Gasteiger partial charge is 0.261 e. The molecule has 0 atom stereocenters. The van der Waals surface area contributed by atoms with Gasteiger partial charge < -0.3 is 10.1 Å². The molecule has 4 nitrogen and oxygen atoms in total. The van der Waals surface area contributed by atoms with Crippen LogP contribution in [0.4, 0.5) is 0 Å². The summed E-state index contributed by atoms with van der Waals surface area (Å²) in [6.07, 6.45) is 4.20. The van der Waals surface area contributed by atoms with Crippen molar-refractivity contribution in [2.24, 2.45) is 0 Å². The van der Waals surface area contributed by atoms with E-state index in [9.17, 15) is 4.79 Å². The molecule has 132 valence electrons. The maximum absolute atomic E-state index is 11.8. The number of amides is 1. The van der Waals surface area contributed by atoms with Gasteiger partial charge in [-0.05, 0) is 67.2 Å². The van der Waals surface area contributed by atoms with Gasteiger partial charge in [0.1, 0.15) is 12.4 Å². The lowest BCUT2D eigenvalue weighted by atomic mass is 9.90.